The van der Waals surface area contributed by atoms with Crippen LogP contribution in [0.25, 0.3) is 10.8 Å². The number of halogens is 1. The summed E-state index contributed by atoms with van der Waals surface area (Å²) in [6, 6.07) is 11.5. The molecule has 1 heterocycles. The largest absolute Gasteiger partial charge is 0.485 e. The van der Waals surface area contributed by atoms with Crippen LogP contribution in [0.5, 0.6) is 5.75 Å². The molecule has 0 aliphatic carbocycles. The molecule has 1 N–H and O–H groups in total. The van der Waals surface area contributed by atoms with Crippen LogP contribution in [-0.2, 0) is 9.84 Å². The number of aliphatic hydroxyl groups excluding tert-OH is 1. The van der Waals surface area contributed by atoms with E-state index in [9.17, 15) is 13.5 Å². The summed E-state index contributed by atoms with van der Waals surface area (Å²) in [5.41, 5.74) is 0. The van der Waals surface area contributed by atoms with Gasteiger partial charge < -0.3 is 9.84 Å². The van der Waals surface area contributed by atoms with Crippen molar-refractivity contribution >= 4 is 36.5 Å². The molecule has 0 aromatic heterocycles. The molecule has 0 saturated carbocycles. The van der Waals surface area contributed by atoms with Crippen molar-refractivity contribution in [1.82, 2.24) is 0 Å². The summed E-state index contributed by atoms with van der Waals surface area (Å²) in [5.74, 6) is 0.167. The maximum atomic E-state index is 11.5. The lowest BCUT2D eigenvalue weighted by Crippen LogP contribution is -2.29. The van der Waals surface area contributed by atoms with Crippen LogP contribution in [0.2, 0.25) is 0 Å². The third-order valence-corrected chi connectivity index (χ3v) is 5.88. The van der Waals surface area contributed by atoms with Crippen LogP contribution in [0, 0.1) is 0 Å². The smallest absolute Gasteiger partial charge is 0.156 e. The lowest BCUT2D eigenvalue weighted by molar-refractivity contribution is 0.0734. The summed E-state index contributed by atoms with van der Waals surface area (Å²) in [4.78, 5) is 0. The molecule has 1 aliphatic rings. The molecule has 0 spiro atoms. The fourth-order valence-electron chi connectivity index (χ4n) is 2.38. The fourth-order valence-corrected chi connectivity index (χ4v) is 4.63. The first-order valence-corrected chi connectivity index (χ1v) is 8.80. The summed E-state index contributed by atoms with van der Waals surface area (Å²) in [5, 5.41) is 11.8. The maximum absolute atomic E-state index is 11.5. The highest BCUT2D eigenvalue weighted by Crippen LogP contribution is 2.34. The molecule has 1 fully saturated rings. The summed E-state index contributed by atoms with van der Waals surface area (Å²) in [6.45, 7) is 0. The van der Waals surface area contributed by atoms with Gasteiger partial charge >= 0.3 is 0 Å². The molecule has 20 heavy (non-hydrogen) atoms. The van der Waals surface area contributed by atoms with Crippen molar-refractivity contribution in [3.63, 3.8) is 0 Å². The zero-order valence-electron chi connectivity index (χ0n) is 10.5. The molecule has 106 valence electrons. The number of sulfone groups is 1. The van der Waals surface area contributed by atoms with Crippen LogP contribution >= 0.6 is 15.9 Å². The van der Waals surface area contributed by atoms with Crippen LogP contribution in [-0.4, -0.2) is 37.2 Å². The van der Waals surface area contributed by atoms with Crippen molar-refractivity contribution in [1.29, 1.82) is 0 Å². The van der Waals surface area contributed by atoms with E-state index in [0.717, 1.165) is 15.2 Å². The molecule has 1 aliphatic heterocycles. The molecule has 4 nitrogen and oxygen atoms in total. The minimum Gasteiger partial charge on any atom is -0.485 e. The molecule has 1 saturated heterocycles. The Balaban J connectivity index is 1.94. The predicted octanol–water partition coefficient (Wildman–Crippen LogP) is 2.14. The fraction of sp³-hybridized carbons (Fsp3) is 0.286. The zero-order chi connectivity index (χ0) is 14.3. The second kappa shape index (κ2) is 5.02. The quantitative estimate of drug-likeness (QED) is 0.895. The SMILES string of the molecule is O=S1(=O)CC(O)C(Oc2ccc3ccccc3c2Br)C1. The third kappa shape index (κ3) is 2.55. The van der Waals surface area contributed by atoms with E-state index in [-0.39, 0.29) is 11.5 Å². The van der Waals surface area contributed by atoms with E-state index in [0.29, 0.717) is 5.75 Å². The Labute approximate surface area is 125 Å². The second-order valence-electron chi connectivity index (χ2n) is 4.90. The Morgan fingerprint density at radius 3 is 2.60 bits per heavy atom. The predicted molar refractivity (Wildman–Crippen MR) is 80.7 cm³/mol. The van der Waals surface area contributed by atoms with E-state index < -0.39 is 22.0 Å². The summed E-state index contributed by atoms with van der Waals surface area (Å²) in [6.07, 6.45) is -1.68. The van der Waals surface area contributed by atoms with Gasteiger partial charge in [-0.25, -0.2) is 8.42 Å². The molecule has 0 radical (unpaired) electrons. The van der Waals surface area contributed by atoms with Crippen molar-refractivity contribution in [2.45, 2.75) is 12.2 Å². The number of hydrogen-bond acceptors (Lipinski definition) is 4. The Kier molecular flexibility index (Phi) is 3.48. The molecule has 2 aromatic carbocycles. The molecule has 6 heteroatoms. The highest BCUT2D eigenvalue weighted by molar-refractivity contribution is 9.10. The van der Waals surface area contributed by atoms with Crippen molar-refractivity contribution < 1.29 is 18.3 Å². The number of rotatable bonds is 2. The first-order valence-electron chi connectivity index (χ1n) is 6.19. The average molecular weight is 357 g/mol. The first-order chi connectivity index (χ1) is 9.46. The molecule has 0 amide bonds. The monoisotopic (exact) mass is 356 g/mol. The van der Waals surface area contributed by atoms with Gasteiger partial charge in [0.05, 0.1) is 16.0 Å². The Morgan fingerprint density at radius 1 is 1.15 bits per heavy atom. The van der Waals surface area contributed by atoms with Gasteiger partial charge in [-0.3, -0.25) is 0 Å². The van der Waals surface area contributed by atoms with Crippen molar-refractivity contribution in [2.75, 3.05) is 11.5 Å². The van der Waals surface area contributed by atoms with Gasteiger partial charge in [-0.1, -0.05) is 30.3 Å². The Hall–Kier alpha value is -1.11. The van der Waals surface area contributed by atoms with Crippen LogP contribution in [0.4, 0.5) is 0 Å². The van der Waals surface area contributed by atoms with Gasteiger partial charge in [-0.2, -0.15) is 0 Å². The summed E-state index contributed by atoms with van der Waals surface area (Å²) < 4.78 is 29.4. The normalized spacial score (nSPS) is 24.9. The first kappa shape index (κ1) is 13.9. The van der Waals surface area contributed by atoms with E-state index in [1.807, 2.05) is 30.3 Å². The Morgan fingerprint density at radius 2 is 1.90 bits per heavy atom. The lowest BCUT2D eigenvalue weighted by atomic mass is 10.1. The number of benzene rings is 2. The number of fused-ring (bicyclic) bond motifs is 1. The molecule has 2 unspecified atom stereocenters. The van der Waals surface area contributed by atoms with Crippen LogP contribution in [0.1, 0.15) is 0 Å². The summed E-state index contributed by atoms with van der Waals surface area (Å²) in [7, 11) is -3.21. The minimum atomic E-state index is -3.21. The second-order valence-corrected chi connectivity index (χ2v) is 7.85. The lowest BCUT2D eigenvalue weighted by Gasteiger charge is -2.17. The average Bonchev–Trinajstić information content (AvgIpc) is 2.66. The summed E-state index contributed by atoms with van der Waals surface area (Å²) >= 11 is 3.48. The van der Waals surface area contributed by atoms with Gasteiger partial charge in [-0.15, -0.1) is 0 Å². The van der Waals surface area contributed by atoms with Gasteiger partial charge in [0, 0.05) is 0 Å². The van der Waals surface area contributed by atoms with Crippen LogP contribution in [0.3, 0.4) is 0 Å². The molecule has 3 rings (SSSR count). The van der Waals surface area contributed by atoms with E-state index in [4.69, 9.17) is 4.74 Å². The molecule has 2 aromatic rings. The van der Waals surface area contributed by atoms with Crippen molar-refractivity contribution in [3.05, 3.63) is 40.9 Å². The Bertz CT molecular complexity index is 757. The van der Waals surface area contributed by atoms with Crippen LogP contribution < -0.4 is 4.74 Å². The van der Waals surface area contributed by atoms with Gasteiger partial charge in [0.2, 0.25) is 0 Å². The zero-order valence-corrected chi connectivity index (χ0v) is 12.9. The highest BCUT2D eigenvalue weighted by Gasteiger charge is 2.38. The van der Waals surface area contributed by atoms with Crippen molar-refractivity contribution in [2.24, 2.45) is 0 Å². The van der Waals surface area contributed by atoms with Crippen LogP contribution in [0.15, 0.2) is 40.9 Å². The standard InChI is InChI=1S/C14H13BrO4S/c15-14-10-4-2-1-3-9(10)5-6-12(14)19-13-8-20(17,18)7-11(13)16/h1-6,11,13,16H,7-8H2. The topological polar surface area (TPSA) is 63.6 Å². The number of hydrogen-bond donors (Lipinski definition) is 1. The van der Waals surface area contributed by atoms with Gasteiger partial charge in [-0.05, 0) is 32.8 Å². The van der Waals surface area contributed by atoms with E-state index >= 15 is 0 Å². The highest BCUT2D eigenvalue weighted by atomic mass is 79.9. The molecular weight excluding hydrogens is 344 g/mol. The third-order valence-electron chi connectivity index (χ3n) is 3.38. The van der Waals surface area contributed by atoms with Crippen molar-refractivity contribution in [3.8, 4) is 5.75 Å². The number of aliphatic hydroxyl groups is 1. The number of ether oxygens (including phenoxy) is 1. The molecule has 2 atom stereocenters. The van der Waals surface area contributed by atoms with Gasteiger partial charge in [0.15, 0.2) is 9.84 Å². The van der Waals surface area contributed by atoms with Gasteiger partial charge in [0.1, 0.15) is 18.0 Å². The molecule has 0 bridgehead atoms. The van der Waals surface area contributed by atoms with E-state index in [2.05, 4.69) is 15.9 Å². The van der Waals surface area contributed by atoms with Gasteiger partial charge in [0.25, 0.3) is 0 Å². The molecular formula is C14H13BrO4S. The van der Waals surface area contributed by atoms with E-state index in [1.54, 1.807) is 6.07 Å². The minimum absolute atomic E-state index is 0.145. The maximum Gasteiger partial charge on any atom is 0.156 e. The van der Waals surface area contributed by atoms with E-state index in [1.165, 1.54) is 0 Å².